The Kier molecular flexibility index (Phi) is 4.12. The molecule has 0 spiro atoms. The van der Waals surface area contributed by atoms with Crippen molar-refractivity contribution in [3.63, 3.8) is 0 Å². The van der Waals surface area contributed by atoms with Gasteiger partial charge in [0.25, 0.3) is 0 Å². The zero-order valence-electron chi connectivity index (χ0n) is 9.37. The van der Waals surface area contributed by atoms with Gasteiger partial charge in [-0.25, -0.2) is 8.42 Å². The van der Waals surface area contributed by atoms with E-state index in [1.165, 1.54) is 25.3 Å². The smallest absolute Gasteiger partial charge is 0.320 e. The Morgan fingerprint density at radius 1 is 1.56 bits per heavy atom. The van der Waals surface area contributed by atoms with Crippen molar-refractivity contribution in [3.05, 3.63) is 23.8 Å². The number of sulfonamides is 1. The van der Waals surface area contributed by atoms with Crippen LogP contribution in [0.25, 0.3) is 0 Å². The fourth-order valence-corrected chi connectivity index (χ4v) is 2.11. The third-order valence-corrected chi connectivity index (χ3v) is 3.07. The van der Waals surface area contributed by atoms with Crippen LogP contribution in [0.2, 0.25) is 0 Å². The number of aliphatic carboxylic acids is 1. The zero-order valence-corrected chi connectivity index (χ0v) is 10.2. The molecule has 0 amide bonds. The Labute approximate surface area is 104 Å². The summed E-state index contributed by atoms with van der Waals surface area (Å²) in [5.74, 6) is -2.37. The van der Waals surface area contributed by atoms with E-state index in [1.807, 2.05) is 6.07 Å². The molecule has 0 aliphatic rings. The van der Waals surface area contributed by atoms with Gasteiger partial charge in [0, 0.05) is 6.07 Å². The minimum Gasteiger partial charge on any atom is -0.495 e. The van der Waals surface area contributed by atoms with Crippen LogP contribution in [0.4, 0.5) is 5.69 Å². The van der Waals surface area contributed by atoms with Crippen LogP contribution in [0.3, 0.4) is 0 Å². The van der Waals surface area contributed by atoms with Gasteiger partial charge in [0.15, 0.2) is 5.75 Å². The molecule has 0 radical (unpaired) electrons. The van der Waals surface area contributed by atoms with Gasteiger partial charge in [-0.05, 0) is 12.1 Å². The molecule has 1 aromatic rings. The molecule has 0 bridgehead atoms. The van der Waals surface area contributed by atoms with E-state index in [9.17, 15) is 13.2 Å². The number of anilines is 1. The van der Waals surface area contributed by atoms with Gasteiger partial charge in [-0.15, -0.1) is 0 Å². The standard InChI is InChI=1S/C10H10N2O5S/c1-17-9-4-7(5-11)2-3-8(9)12-18(15,16)6-10(13)14/h2-4,12H,6H2,1H3,(H,13,14). The van der Waals surface area contributed by atoms with Gasteiger partial charge in [-0.2, -0.15) is 5.26 Å². The van der Waals surface area contributed by atoms with Crippen molar-refractivity contribution in [3.8, 4) is 11.8 Å². The van der Waals surface area contributed by atoms with Crippen molar-refractivity contribution < 1.29 is 23.1 Å². The summed E-state index contributed by atoms with van der Waals surface area (Å²) in [6, 6.07) is 5.94. The van der Waals surface area contributed by atoms with Gasteiger partial charge in [0.2, 0.25) is 10.0 Å². The summed E-state index contributed by atoms with van der Waals surface area (Å²) in [6.45, 7) is 0. The number of hydrogen-bond donors (Lipinski definition) is 2. The summed E-state index contributed by atoms with van der Waals surface area (Å²) in [6.07, 6.45) is 0. The third kappa shape index (κ3) is 3.64. The van der Waals surface area contributed by atoms with Crippen LogP contribution in [0.1, 0.15) is 5.56 Å². The summed E-state index contributed by atoms with van der Waals surface area (Å²) in [7, 11) is -2.69. The first kappa shape index (κ1) is 13.8. The van der Waals surface area contributed by atoms with E-state index in [-0.39, 0.29) is 11.4 Å². The number of benzene rings is 1. The van der Waals surface area contributed by atoms with E-state index < -0.39 is 21.7 Å². The third-order valence-electron chi connectivity index (χ3n) is 1.91. The van der Waals surface area contributed by atoms with Gasteiger partial charge in [-0.3, -0.25) is 9.52 Å². The average Bonchev–Trinajstić information content (AvgIpc) is 2.27. The Morgan fingerprint density at radius 2 is 2.22 bits per heavy atom. The molecule has 0 saturated carbocycles. The molecular weight excluding hydrogens is 260 g/mol. The van der Waals surface area contributed by atoms with Crippen LogP contribution >= 0.6 is 0 Å². The monoisotopic (exact) mass is 270 g/mol. The Balaban J connectivity index is 3.05. The SMILES string of the molecule is COc1cc(C#N)ccc1NS(=O)(=O)CC(=O)O. The van der Waals surface area contributed by atoms with Crippen molar-refractivity contribution in [1.29, 1.82) is 5.26 Å². The molecule has 2 N–H and O–H groups in total. The maximum absolute atomic E-state index is 11.4. The second kappa shape index (κ2) is 5.37. The van der Waals surface area contributed by atoms with Crippen LogP contribution < -0.4 is 9.46 Å². The molecule has 0 aliphatic heterocycles. The summed E-state index contributed by atoms with van der Waals surface area (Å²) in [5.41, 5.74) is 0.380. The van der Waals surface area contributed by atoms with Gasteiger partial charge < -0.3 is 9.84 Å². The molecule has 0 heterocycles. The van der Waals surface area contributed by atoms with Crippen LogP contribution in [0, 0.1) is 11.3 Å². The van der Waals surface area contributed by atoms with Crippen molar-refractivity contribution in [2.75, 3.05) is 17.6 Å². The van der Waals surface area contributed by atoms with Gasteiger partial charge in [-0.1, -0.05) is 0 Å². The topological polar surface area (TPSA) is 116 Å². The molecule has 7 nitrogen and oxygen atoms in total. The normalized spacial score (nSPS) is 10.4. The van der Waals surface area contributed by atoms with Crippen molar-refractivity contribution >= 4 is 21.7 Å². The lowest BCUT2D eigenvalue weighted by Gasteiger charge is -2.10. The predicted molar refractivity (Wildman–Crippen MR) is 62.8 cm³/mol. The summed E-state index contributed by atoms with van der Waals surface area (Å²) >= 11 is 0. The quantitative estimate of drug-likeness (QED) is 0.799. The Hall–Kier alpha value is -2.27. The van der Waals surface area contributed by atoms with Gasteiger partial charge in [0.1, 0.15) is 5.75 Å². The van der Waals surface area contributed by atoms with E-state index >= 15 is 0 Å². The number of nitriles is 1. The van der Waals surface area contributed by atoms with E-state index in [1.54, 1.807) is 0 Å². The van der Waals surface area contributed by atoms with Crippen LogP contribution in [0.5, 0.6) is 5.75 Å². The van der Waals surface area contributed by atoms with E-state index in [4.69, 9.17) is 15.1 Å². The number of nitrogens with zero attached hydrogens (tertiary/aromatic N) is 1. The average molecular weight is 270 g/mol. The number of methoxy groups -OCH3 is 1. The van der Waals surface area contributed by atoms with Crippen LogP contribution in [0.15, 0.2) is 18.2 Å². The lowest BCUT2D eigenvalue weighted by atomic mass is 10.2. The molecule has 1 aromatic carbocycles. The molecule has 0 saturated heterocycles. The molecular formula is C10H10N2O5S. The number of hydrogen-bond acceptors (Lipinski definition) is 5. The lowest BCUT2D eigenvalue weighted by Crippen LogP contribution is -2.22. The highest BCUT2D eigenvalue weighted by molar-refractivity contribution is 7.93. The molecule has 0 unspecified atom stereocenters. The first-order valence-corrected chi connectivity index (χ1v) is 6.33. The van der Waals surface area contributed by atoms with Crippen molar-refractivity contribution in [2.45, 2.75) is 0 Å². The van der Waals surface area contributed by atoms with Crippen LogP contribution in [-0.2, 0) is 14.8 Å². The first-order valence-electron chi connectivity index (χ1n) is 4.68. The first-order chi connectivity index (χ1) is 8.38. The molecule has 1 rings (SSSR count). The highest BCUT2D eigenvalue weighted by atomic mass is 32.2. The van der Waals surface area contributed by atoms with E-state index in [0.717, 1.165) is 0 Å². The summed E-state index contributed by atoms with van der Waals surface area (Å²) < 4.78 is 29.8. The highest BCUT2D eigenvalue weighted by Crippen LogP contribution is 2.26. The molecule has 0 aliphatic carbocycles. The zero-order chi connectivity index (χ0) is 13.8. The number of carboxylic acids is 1. The lowest BCUT2D eigenvalue weighted by molar-refractivity contribution is -0.134. The fourth-order valence-electron chi connectivity index (χ4n) is 1.21. The minimum atomic E-state index is -4.00. The maximum atomic E-state index is 11.4. The Bertz CT molecular complexity index is 603. The van der Waals surface area contributed by atoms with Crippen molar-refractivity contribution in [2.24, 2.45) is 0 Å². The molecule has 0 aromatic heterocycles. The Morgan fingerprint density at radius 3 is 2.72 bits per heavy atom. The van der Waals surface area contributed by atoms with Gasteiger partial charge >= 0.3 is 5.97 Å². The second-order valence-corrected chi connectivity index (χ2v) is 5.00. The molecule has 0 fully saturated rings. The number of rotatable bonds is 5. The number of nitrogens with one attached hydrogen (secondary N) is 1. The maximum Gasteiger partial charge on any atom is 0.320 e. The number of carboxylic acid groups (broad SMARTS) is 1. The van der Waals surface area contributed by atoms with Crippen LogP contribution in [-0.4, -0.2) is 32.4 Å². The fraction of sp³-hybridized carbons (Fsp3) is 0.200. The van der Waals surface area contributed by atoms with E-state index in [2.05, 4.69) is 4.72 Å². The van der Waals surface area contributed by atoms with E-state index in [0.29, 0.717) is 5.56 Å². The molecule has 8 heteroatoms. The minimum absolute atomic E-state index is 0.0813. The number of carbonyl (C=O) groups is 1. The second-order valence-electron chi connectivity index (χ2n) is 3.28. The summed E-state index contributed by atoms with van der Waals surface area (Å²) in [5, 5.41) is 17.1. The largest absolute Gasteiger partial charge is 0.495 e. The number of ether oxygens (including phenoxy) is 1. The van der Waals surface area contributed by atoms with Gasteiger partial charge in [0.05, 0.1) is 24.4 Å². The molecule has 96 valence electrons. The van der Waals surface area contributed by atoms with Crippen molar-refractivity contribution in [1.82, 2.24) is 0 Å². The molecule has 0 atom stereocenters. The highest BCUT2D eigenvalue weighted by Gasteiger charge is 2.17. The summed E-state index contributed by atoms with van der Waals surface area (Å²) in [4.78, 5) is 10.4. The molecule has 18 heavy (non-hydrogen) atoms. The predicted octanol–water partition coefficient (Wildman–Crippen LogP) is 0.393.